The van der Waals surface area contributed by atoms with E-state index in [0.29, 0.717) is 11.3 Å². The van der Waals surface area contributed by atoms with E-state index in [2.05, 4.69) is 15.9 Å². The number of halogens is 1. The minimum atomic E-state index is -1.11. The van der Waals surface area contributed by atoms with E-state index in [1.54, 1.807) is 12.1 Å². The predicted molar refractivity (Wildman–Crippen MR) is 68.2 cm³/mol. The van der Waals surface area contributed by atoms with Gasteiger partial charge in [0, 0.05) is 4.47 Å². The molecule has 0 bridgehead atoms. The number of hydrogen-bond donors (Lipinski definition) is 1. The van der Waals surface area contributed by atoms with E-state index < -0.39 is 12.6 Å². The Morgan fingerprint density at radius 2 is 2.00 bits per heavy atom. The first-order valence-electron chi connectivity index (χ1n) is 5.12. The topological polar surface area (TPSA) is 72.8 Å². The van der Waals surface area contributed by atoms with Crippen LogP contribution in [0.15, 0.2) is 16.6 Å². The molecule has 0 fully saturated rings. The van der Waals surface area contributed by atoms with Gasteiger partial charge < -0.3 is 14.6 Å². The molecule has 0 aliphatic rings. The Bertz CT molecular complexity index is 470. The lowest BCUT2D eigenvalue weighted by atomic mass is 10.1. The smallest absolute Gasteiger partial charge is 0.329 e. The van der Waals surface area contributed by atoms with E-state index in [0.717, 1.165) is 10.0 Å². The Kier molecular flexibility index (Phi) is 5.30. The number of ether oxygens (including phenoxy) is 2. The highest BCUT2D eigenvalue weighted by Gasteiger charge is 2.15. The average molecular weight is 317 g/mol. The summed E-state index contributed by atoms with van der Waals surface area (Å²) < 4.78 is 10.7. The summed E-state index contributed by atoms with van der Waals surface area (Å²) >= 11 is 3.33. The van der Waals surface area contributed by atoms with E-state index in [-0.39, 0.29) is 12.4 Å². The molecular weight excluding hydrogens is 304 g/mol. The van der Waals surface area contributed by atoms with Crippen LogP contribution in [0.2, 0.25) is 0 Å². The van der Waals surface area contributed by atoms with Crippen molar-refractivity contribution in [2.45, 2.75) is 6.92 Å². The predicted octanol–water partition coefficient (Wildman–Crippen LogP) is 2.05. The Morgan fingerprint density at radius 3 is 2.56 bits per heavy atom. The molecule has 0 saturated heterocycles. The first-order valence-corrected chi connectivity index (χ1v) is 5.92. The number of rotatable bonds is 6. The Hall–Kier alpha value is -1.40. The molecule has 0 aromatic heterocycles. The number of carbonyl (C=O) groups excluding carboxylic acids is 1. The molecule has 0 saturated carbocycles. The number of benzene rings is 1. The van der Waals surface area contributed by atoms with Crippen LogP contribution in [-0.4, -0.2) is 37.2 Å². The Morgan fingerprint density at radius 1 is 1.33 bits per heavy atom. The lowest BCUT2D eigenvalue weighted by molar-refractivity contribution is -0.141. The van der Waals surface area contributed by atoms with Crippen LogP contribution >= 0.6 is 15.9 Å². The van der Waals surface area contributed by atoms with Crippen LogP contribution in [0.1, 0.15) is 15.9 Å². The molecule has 0 radical (unpaired) electrons. The first kappa shape index (κ1) is 14.7. The maximum absolute atomic E-state index is 11.9. The van der Waals surface area contributed by atoms with Crippen LogP contribution in [0.25, 0.3) is 0 Å². The third-order valence-corrected chi connectivity index (χ3v) is 3.09. The number of aliphatic carboxylic acids is 1. The number of carboxylic acids is 1. The van der Waals surface area contributed by atoms with Gasteiger partial charge in [0.2, 0.25) is 0 Å². The second-order valence-corrected chi connectivity index (χ2v) is 4.47. The van der Waals surface area contributed by atoms with Crippen molar-refractivity contribution < 1.29 is 24.2 Å². The van der Waals surface area contributed by atoms with Gasteiger partial charge in [-0.15, -0.1) is 0 Å². The van der Waals surface area contributed by atoms with Crippen LogP contribution < -0.4 is 4.74 Å². The quantitative estimate of drug-likeness (QED) is 0.813. The second-order valence-electron chi connectivity index (χ2n) is 3.61. The SMILES string of the molecule is COc1cc(C)c(Br)cc1C(=O)COCC(=O)O. The van der Waals surface area contributed by atoms with E-state index in [1.807, 2.05) is 6.92 Å². The van der Waals surface area contributed by atoms with Gasteiger partial charge in [-0.2, -0.15) is 0 Å². The van der Waals surface area contributed by atoms with Gasteiger partial charge in [0.05, 0.1) is 12.7 Å². The summed E-state index contributed by atoms with van der Waals surface area (Å²) in [4.78, 5) is 22.1. The molecule has 0 heterocycles. The fourth-order valence-corrected chi connectivity index (χ4v) is 1.69. The van der Waals surface area contributed by atoms with E-state index in [1.165, 1.54) is 7.11 Å². The standard InChI is InChI=1S/C12H13BrO5/c1-7-3-11(17-2)8(4-9(7)13)10(14)5-18-6-12(15)16/h3-4H,5-6H2,1-2H3,(H,15,16). The number of ketones is 1. The monoisotopic (exact) mass is 316 g/mol. The minimum Gasteiger partial charge on any atom is -0.496 e. The maximum Gasteiger partial charge on any atom is 0.329 e. The zero-order chi connectivity index (χ0) is 13.7. The van der Waals surface area contributed by atoms with Crippen molar-refractivity contribution in [2.75, 3.05) is 20.3 Å². The Balaban J connectivity index is 2.84. The van der Waals surface area contributed by atoms with Crippen molar-refractivity contribution in [1.29, 1.82) is 0 Å². The summed E-state index contributed by atoms with van der Waals surface area (Å²) in [7, 11) is 1.47. The number of Topliss-reactive ketones (excluding diaryl/α,β-unsaturated/α-hetero) is 1. The Labute approximate surface area is 113 Å². The van der Waals surface area contributed by atoms with Gasteiger partial charge in [-0.3, -0.25) is 4.79 Å². The maximum atomic E-state index is 11.9. The van der Waals surface area contributed by atoms with Crippen LogP contribution in [0.4, 0.5) is 0 Å². The van der Waals surface area contributed by atoms with Crippen LogP contribution in [0.3, 0.4) is 0 Å². The van der Waals surface area contributed by atoms with Gasteiger partial charge >= 0.3 is 5.97 Å². The highest BCUT2D eigenvalue weighted by molar-refractivity contribution is 9.10. The van der Waals surface area contributed by atoms with Crippen LogP contribution in [-0.2, 0) is 9.53 Å². The summed E-state index contributed by atoms with van der Waals surface area (Å²) in [5, 5.41) is 8.41. The molecule has 1 N–H and O–H groups in total. The number of carboxylic acid groups (broad SMARTS) is 1. The van der Waals surface area contributed by atoms with Crippen molar-refractivity contribution in [3.05, 3.63) is 27.7 Å². The zero-order valence-electron chi connectivity index (χ0n) is 10.0. The highest BCUT2D eigenvalue weighted by atomic mass is 79.9. The summed E-state index contributed by atoms with van der Waals surface area (Å²) in [6, 6.07) is 3.37. The number of carbonyl (C=O) groups is 2. The van der Waals surface area contributed by atoms with Crippen molar-refractivity contribution >= 4 is 27.7 Å². The van der Waals surface area contributed by atoms with Crippen LogP contribution in [0.5, 0.6) is 5.75 Å². The molecule has 6 heteroatoms. The van der Waals surface area contributed by atoms with Crippen molar-refractivity contribution in [3.8, 4) is 5.75 Å². The second kappa shape index (κ2) is 6.51. The summed E-state index contributed by atoms with van der Waals surface area (Å²) in [5.74, 6) is -0.992. The lowest BCUT2D eigenvalue weighted by Crippen LogP contribution is -2.15. The van der Waals surface area contributed by atoms with E-state index >= 15 is 0 Å². The number of hydrogen-bond acceptors (Lipinski definition) is 4. The van der Waals surface area contributed by atoms with Crippen molar-refractivity contribution in [1.82, 2.24) is 0 Å². The summed E-state index contributed by atoms with van der Waals surface area (Å²) in [5.41, 5.74) is 1.30. The van der Waals surface area contributed by atoms with E-state index in [9.17, 15) is 9.59 Å². The van der Waals surface area contributed by atoms with Crippen LogP contribution in [0, 0.1) is 6.92 Å². The summed E-state index contributed by atoms with van der Waals surface area (Å²) in [6.07, 6.45) is 0. The zero-order valence-corrected chi connectivity index (χ0v) is 11.6. The van der Waals surface area contributed by atoms with Gasteiger partial charge in [-0.1, -0.05) is 15.9 Å². The highest BCUT2D eigenvalue weighted by Crippen LogP contribution is 2.27. The molecule has 18 heavy (non-hydrogen) atoms. The van der Waals surface area contributed by atoms with Gasteiger partial charge in [0.15, 0.2) is 5.78 Å². The molecule has 1 aromatic carbocycles. The fraction of sp³-hybridized carbons (Fsp3) is 0.333. The minimum absolute atomic E-state index is 0.293. The van der Waals surface area contributed by atoms with Crippen molar-refractivity contribution in [3.63, 3.8) is 0 Å². The first-order chi connectivity index (χ1) is 8.45. The molecule has 0 amide bonds. The molecule has 0 unspecified atom stereocenters. The molecule has 0 aliphatic carbocycles. The molecule has 0 spiro atoms. The van der Waals surface area contributed by atoms with Gasteiger partial charge in [-0.25, -0.2) is 4.79 Å². The normalized spacial score (nSPS) is 10.2. The third kappa shape index (κ3) is 3.82. The number of methoxy groups -OCH3 is 1. The molecule has 0 aliphatic heterocycles. The fourth-order valence-electron chi connectivity index (χ4n) is 1.35. The van der Waals surface area contributed by atoms with Gasteiger partial charge in [0.25, 0.3) is 0 Å². The third-order valence-electron chi connectivity index (χ3n) is 2.24. The average Bonchev–Trinajstić information content (AvgIpc) is 2.31. The van der Waals surface area contributed by atoms with Gasteiger partial charge in [0.1, 0.15) is 19.0 Å². The van der Waals surface area contributed by atoms with Gasteiger partial charge in [-0.05, 0) is 24.6 Å². The largest absolute Gasteiger partial charge is 0.496 e. The molecular formula is C12H13BrO5. The lowest BCUT2D eigenvalue weighted by Gasteiger charge is -2.10. The molecule has 1 aromatic rings. The van der Waals surface area contributed by atoms with Crippen molar-refractivity contribution in [2.24, 2.45) is 0 Å². The molecule has 1 rings (SSSR count). The molecule has 0 atom stereocenters. The van der Waals surface area contributed by atoms with E-state index in [4.69, 9.17) is 14.6 Å². The summed E-state index contributed by atoms with van der Waals surface area (Å²) in [6.45, 7) is 1.08. The molecule has 5 nitrogen and oxygen atoms in total. The molecule has 98 valence electrons. The number of aryl methyl sites for hydroxylation is 1.